The summed E-state index contributed by atoms with van der Waals surface area (Å²) < 4.78 is 10.8. The Labute approximate surface area is 116 Å². The van der Waals surface area contributed by atoms with Gasteiger partial charge in [-0.05, 0) is 38.8 Å². The van der Waals surface area contributed by atoms with Crippen LogP contribution in [0.15, 0.2) is 24.3 Å². The third-order valence-corrected chi connectivity index (χ3v) is 2.47. The molecule has 0 saturated carbocycles. The summed E-state index contributed by atoms with van der Waals surface area (Å²) in [5, 5.41) is 3.24. The summed E-state index contributed by atoms with van der Waals surface area (Å²) in [4.78, 5) is 10.6. The van der Waals surface area contributed by atoms with Crippen LogP contribution in [0.5, 0.6) is 5.75 Å². The number of benzene rings is 1. The molecule has 1 rings (SSSR count). The topological polar surface area (TPSA) is 47.6 Å². The molecule has 4 nitrogen and oxygen atoms in total. The Hall–Kier alpha value is -1.55. The first-order chi connectivity index (χ1) is 9.22. The van der Waals surface area contributed by atoms with E-state index in [4.69, 9.17) is 9.47 Å². The van der Waals surface area contributed by atoms with E-state index in [1.54, 1.807) is 0 Å². The number of Topliss-reactive ketones (excluding diaryl/α,β-unsaturated/α-hetero) is 1. The van der Waals surface area contributed by atoms with Crippen molar-refractivity contribution in [2.75, 3.05) is 31.7 Å². The molecule has 0 spiro atoms. The number of unbranched alkanes of at least 4 members (excludes halogenated alkanes) is 1. The number of nitrogens with one attached hydrogen (secondary N) is 1. The van der Waals surface area contributed by atoms with Gasteiger partial charge in [-0.3, -0.25) is 4.79 Å². The van der Waals surface area contributed by atoms with Crippen molar-refractivity contribution in [2.24, 2.45) is 0 Å². The van der Waals surface area contributed by atoms with Crippen molar-refractivity contribution in [1.82, 2.24) is 0 Å². The van der Waals surface area contributed by atoms with Crippen LogP contribution in [0.4, 0.5) is 5.69 Å². The van der Waals surface area contributed by atoms with Gasteiger partial charge in [0.15, 0.2) is 5.78 Å². The Morgan fingerprint density at radius 3 is 2.84 bits per heavy atom. The van der Waals surface area contributed by atoms with E-state index in [9.17, 15) is 4.79 Å². The van der Waals surface area contributed by atoms with Gasteiger partial charge in [0, 0.05) is 26.3 Å². The molecule has 19 heavy (non-hydrogen) atoms. The number of rotatable bonds is 10. The van der Waals surface area contributed by atoms with Gasteiger partial charge in [0.05, 0.1) is 6.61 Å². The minimum atomic E-state index is 0. The number of ether oxygens (including phenoxy) is 2. The Balaban J connectivity index is 0.00000361. The fourth-order valence-corrected chi connectivity index (χ4v) is 1.61. The Kier molecular flexibility index (Phi) is 7.66. The molecule has 0 radical (unpaired) electrons. The maximum atomic E-state index is 10.6. The van der Waals surface area contributed by atoms with E-state index < -0.39 is 0 Å². The van der Waals surface area contributed by atoms with Crippen molar-refractivity contribution in [2.45, 2.75) is 26.7 Å². The van der Waals surface area contributed by atoms with E-state index in [0.717, 1.165) is 30.8 Å². The van der Waals surface area contributed by atoms with Crippen LogP contribution in [-0.4, -0.2) is 32.1 Å². The molecule has 108 valence electrons. The fourth-order valence-electron chi connectivity index (χ4n) is 1.61. The van der Waals surface area contributed by atoms with Gasteiger partial charge in [-0.25, -0.2) is 0 Å². The summed E-state index contributed by atoms with van der Waals surface area (Å²) in [6.07, 6.45) is 1.82. The average Bonchev–Trinajstić information content (AvgIpc) is 2.38. The quantitative estimate of drug-likeness (QED) is 0.662. The minimum absolute atomic E-state index is 0. The smallest absolute Gasteiger partial charge is 0.155 e. The van der Waals surface area contributed by atoms with E-state index >= 15 is 0 Å². The maximum Gasteiger partial charge on any atom is 0.155 e. The molecule has 0 aliphatic carbocycles. The lowest BCUT2D eigenvalue weighted by Gasteiger charge is -2.08. The van der Waals surface area contributed by atoms with Gasteiger partial charge in [-0.1, -0.05) is 6.07 Å². The summed E-state index contributed by atoms with van der Waals surface area (Å²) in [6.45, 7) is 5.98. The number of carbonyl (C=O) groups is 1. The highest BCUT2D eigenvalue weighted by Crippen LogP contribution is 2.17. The molecular weight excluding hydrogens is 242 g/mol. The number of hydrogen-bond donors (Lipinski definition) is 1. The van der Waals surface area contributed by atoms with Crippen molar-refractivity contribution < 1.29 is 15.7 Å². The van der Waals surface area contributed by atoms with Crippen molar-refractivity contribution in [3.05, 3.63) is 24.3 Å². The zero-order chi connectivity index (χ0) is 13.9. The van der Waals surface area contributed by atoms with Gasteiger partial charge in [-0.15, -0.1) is 0 Å². The number of anilines is 1. The van der Waals surface area contributed by atoms with Gasteiger partial charge in [0.25, 0.3) is 0 Å². The molecule has 1 N–H and O–H groups in total. The predicted molar refractivity (Wildman–Crippen MR) is 78.9 cm³/mol. The number of carbonyl (C=O) groups excluding carboxylic acids is 1. The lowest BCUT2D eigenvalue weighted by molar-refractivity contribution is -0.121. The van der Waals surface area contributed by atoms with Gasteiger partial charge < -0.3 is 14.8 Å². The van der Waals surface area contributed by atoms with Crippen LogP contribution in [0, 0.1) is 0 Å². The van der Waals surface area contributed by atoms with E-state index in [1.807, 2.05) is 24.3 Å². The van der Waals surface area contributed by atoms with E-state index in [2.05, 4.69) is 12.2 Å². The van der Waals surface area contributed by atoms with Crippen LogP contribution in [0.2, 0.25) is 0 Å². The molecule has 0 aromatic heterocycles. The van der Waals surface area contributed by atoms with Crippen LogP contribution in [0.1, 0.15) is 28.1 Å². The van der Waals surface area contributed by atoms with Crippen molar-refractivity contribution >= 4 is 11.5 Å². The van der Waals surface area contributed by atoms with Crippen LogP contribution in [0.25, 0.3) is 0 Å². The number of hydrogen-bond acceptors (Lipinski definition) is 4. The first kappa shape index (κ1) is 15.5. The molecule has 0 amide bonds. The summed E-state index contributed by atoms with van der Waals surface area (Å²) in [5.74, 6) is 0.944. The largest absolute Gasteiger partial charge is 0.494 e. The van der Waals surface area contributed by atoms with Gasteiger partial charge in [0.1, 0.15) is 12.4 Å². The predicted octanol–water partition coefficient (Wildman–Crippen LogP) is 3.13. The molecule has 1 aromatic rings. The monoisotopic (exact) mass is 267 g/mol. The van der Waals surface area contributed by atoms with Crippen molar-refractivity contribution in [3.63, 3.8) is 0 Å². The number of ketones is 1. The second-order valence-electron chi connectivity index (χ2n) is 4.37. The highest BCUT2D eigenvalue weighted by Gasteiger charge is 1.97. The lowest BCUT2D eigenvalue weighted by Crippen LogP contribution is -2.06. The molecular formula is C15H25NO3. The van der Waals surface area contributed by atoms with Crippen LogP contribution < -0.4 is 10.1 Å². The van der Waals surface area contributed by atoms with Crippen molar-refractivity contribution in [1.29, 1.82) is 0 Å². The Morgan fingerprint density at radius 2 is 2.11 bits per heavy atom. The first-order valence-corrected chi connectivity index (χ1v) is 6.76. The first-order valence-electron chi connectivity index (χ1n) is 6.76. The van der Waals surface area contributed by atoms with Crippen LogP contribution in [-0.2, 0) is 9.53 Å². The third kappa shape index (κ3) is 7.47. The molecule has 0 saturated heterocycles. The molecule has 0 bridgehead atoms. The normalized spacial score (nSPS) is 10.2. The van der Waals surface area contributed by atoms with Gasteiger partial charge >= 0.3 is 0 Å². The van der Waals surface area contributed by atoms with Gasteiger partial charge in [0.2, 0.25) is 0 Å². The van der Waals surface area contributed by atoms with Crippen molar-refractivity contribution in [3.8, 4) is 5.75 Å². The lowest BCUT2D eigenvalue weighted by atomic mass is 10.3. The highest BCUT2D eigenvalue weighted by atomic mass is 16.5. The molecule has 0 aliphatic rings. The Bertz CT molecular complexity index is 385. The highest BCUT2D eigenvalue weighted by molar-refractivity contribution is 5.76. The standard InChI is InChI=1S/C15H23NO3.H2/c1-3-16-14-7-6-8-15(11-14)19-10-5-4-9-18-12-13(2)17;/h6-8,11,16H,3-5,9-10,12H2,1-2H3;1H. The Morgan fingerprint density at radius 1 is 1.32 bits per heavy atom. The molecule has 4 heteroatoms. The molecule has 0 unspecified atom stereocenters. The molecule has 0 atom stereocenters. The van der Waals surface area contributed by atoms with Gasteiger partial charge in [-0.2, -0.15) is 0 Å². The summed E-state index contributed by atoms with van der Waals surface area (Å²) in [6, 6.07) is 7.94. The zero-order valence-electron chi connectivity index (χ0n) is 11.8. The molecule has 0 aliphatic heterocycles. The third-order valence-electron chi connectivity index (χ3n) is 2.47. The molecule has 0 fully saturated rings. The minimum Gasteiger partial charge on any atom is -0.494 e. The summed E-state index contributed by atoms with van der Waals surface area (Å²) in [5.41, 5.74) is 1.07. The second kappa shape index (κ2) is 9.39. The van der Waals surface area contributed by atoms with E-state index in [-0.39, 0.29) is 13.8 Å². The second-order valence-corrected chi connectivity index (χ2v) is 4.37. The van der Waals surface area contributed by atoms with Crippen LogP contribution in [0.3, 0.4) is 0 Å². The summed E-state index contributed by atoms with van der Waals surface area (Å²) >= 11 is 0. The fraction of sp³-hybridized carbons (Fsp3) is 0.533. The summed E-state index contributed by atoms with van der Waals surface area (Å²) in [7, 11) is 0. The zero-order valence-corrected chi connectivity index (χ0v) is 11.8. The van der Waals surface area contributed by atoms with Crippen LogP contribution >= 0.6 is 0 Å². The van der Waals surface area contributed by atoms with E-state index in [0.29, 0.717) is 13.2 Å². The SMILES string of the molecule is CCNc1cccc(OCCCCOCC(C)=O)c1.[HH]. The molecule has 0 heterocycles. The average molecular weight is 267 g/mol. The molecule has 1 aromatic carbocycles. The van der Waals surface area contributed by atoms with E-state index in [1.165, 1.54) is 6.92 Å². The maximum absolute atomic E-state index is 10.6.